The van der Waals surface area contributed by atoms with E-state index in [0.29, 0.717) is 12.3 Å². The van der Waals surface area contributed by atoms with Crippen molar-refractivity contribution in [3.05, 3.63) is 54.1 Å². The van der Waals surface area contributed by atoms with Crippen LogP contribution in [0, 0.1) is 11.3 Å². The van der Waals surface area contributed by atoms with E-state index in [4.69, 9.17) is 0 Å². The Morgan fingerprint density at radius 1 is 1.00 bits per heavy atom. The van der Waals surface area contributed by atoms with Crippen LogP contribution < -0.4 is 0 Å². The van der Waals surface area contributed by atoms with Gasteiger partial charge in [-0.1, -0.05) is 58.4 Å². The van der Waals surface area contributed by atoms with Gasteiger partial charge in [0.2, 0.25) is 0 Å². The molecule has 26 heavy (non-hydrogen) atoms. The summed E-state index contributed by atoms with van der Waals surface area (Å²) in [4.78, 5) is 1.67. The molecule has 1 N–H and O–H groups in total. The van der Waals surface area contributed by atoms with E-state index in [1.165, 1.54) is 0 Å². The minimum atomic E-state index is -0.374. The quantitative estimate of drug-likeness (QED) is 0.666. The Hall–Kier alpha value is -2.20. The van der Waals surface area contributed by atoms with Gasteiger partial charge in [0.05, 0.1) is 11.8 Å². The zero-order valence-corrected chi connectivity index (χ0v) is 16.2. The molecular weight excluding hydrogens is 322 g/mol. The van der Waals surface area contributed by atoms with E-state index in [1.807, 2.05) is 36.4 Å². The van der Waals surface area contributed by atoms with Crippen LogP contribution in [0.4, 0.5) is 0 Å². The Labute approximate surface area is 155 Å². The molecule has 0 bridgehead atoms. The summed E-state index contributed by atoms with van der Waals surface area (Å²) in [6, 6.07) is 16.0. The molecule has 0 fully saturated rings. The summed E-state index contributed by atoms with van der Waals surface area (Å²) >= 11 is 0. The van der Waals surface area contributed by atoms with Gasteiger partial charge in [-0.2, -0.15) is 4.80 Å². The maximum absolute atomic E-state index is 10.8. The number of aromatic nitrogens is 3. The lowest BCUT2D eigenvalue weighted by Crippen LogP contribution is -2.31. The van der Waals surface area contributed by atoms with Crippen molar-refractivity contribution in [2.45, 2.75) is 53.1 Å². The second-order valence-electron chi connectivity index (χ2n) is 8.29. The van der Waals surface area contributed by atoms with Crippen molar-refractivity contribution in [1.29, 1.82) is 0 Å². The SMILES string of the molecule is CC(C)CCC(C)(C)C(O)Cc1cccc(-n2nc3ccccc3n2)c1. The Morgan fingerprint density at radius 3 is 2.27 bits per heavy atom. The average Bonchev–Trinajstić information content (AvgIpc) is 3.04. The second-order valence-corrected chi connectivity index (χ2v) is 8.29. The minimum absolute atomic E-state index is 0.0983. The number of rotatable bonds is 7. The maximum Gasteiger partial charge on any atom is 0.113 e. The Balaban J connectivity index is 1.76. The van der Waals surface area contributed by atoms with Gasteiger partial charge < -0.3 is 5.11 Å². The van der Waals surface area contributed by atoms with Crippen molar-refractivity contribution < 1.29 is 5.11 Å². The third-order valence-corrected chi connectivity index (χ3v) is 5.13. The Morgan fingerprint density at radius 2 is 1.65 bits per heavy atom. The van der Waals surface area contributed by atoms with Crippen LogP contribution in [0.1, 0.15) is 46.1 Å². The van der Waals surface area contributed by atoms with E-state index >= 15 is 0 Å². The van der Waals surface area contributed by atoms with Gasteiger partial charge in [-0.25, -0.2) is 0 Å². The number of hydrogen-bond donors (Lipinski definition) is 1. The minimum Gasteiger partial charge on any atom is -0.392 e. The highest BCUT2D eigenvalue weighted by atomic mass is 16.3. The highest BCUT2D eigenvalue weighted by Crippen LogP contribution is 2.31. The molecular formula is C22H29N3O. The zero-order valence-electron chi connectivity index (χ0n) is 16.2. The van der Waals surface area contributed by atoms with Gasteiger partial charge in [-0.15, -0.1) is 10.2 Å². The predicted octanol–water partition coefficient (Wildman–Crippen LogP) is 4.79. The highest BCUT2D eigenvalue weighted by molar-refractivity contribution is 5.73. The Kier molecular flexibility index (Phi) is 5.42. The first kappa shape index (κ1) is 18.6. The highest BCUT2D eigenvalue weighted by Gasteiger charge is 2.27. The molecule has 1 atom stereocenters. The molecule has 0 aliphatic carbocycles. The molecule has 1 unspecified atom stereocenters. The van der Waals surface area contributed by atoms with Crippen LogP contribution in [0.2, 0.25) is 0 Å². The smallest absolute Gasteiger partial charge is 0.113 e. The van der Waals surface area contributed by atoms with Crippen LogP contribution in [0.25, 0.3) is 16.7 Å². The number of aliphatic hydroxyl groups is 1. The van der Waals surface area contributed by atoms with E-state index in [-0.39, 0.29) is 11.5 Å². The monoisotopic (exact) mass is 351 g/mol. The fraction of sp³-hybridized carbons (Fsp3) is 0.455. The summed E-state index contributed by atoms with van der Waals surface area (Å²) in [6.07, 6.45) is 2.42. The number of nitrogens with zero attached hydrogens (tertiary/aromatic N) is 3. The second kappa shape index (κ2) is 7.58. The van der Waals surface area contributed by atoms with Crippen molar-refractivity contribution in [2.75, 3.05) is 0 Å². The summed E-state index contributed by atoms with van der Waals surface area (Å²) in [5, 5.41) is 19.9. The van der Waals surface area contributed by atoms with E-state index in [0.717, 1.165) is 35.1 Å². The molecule has 0 aliphatic heterocycles. The molecule has 1 heterocycles. The normalized spacial score (nSPS) is 13.5. The van der Waals surface area contributed by atoms with Gasteiger partial charge in [0.1, 0.15) is 11.0 Å². The van der Waals surface area contributed by atoms with Crippen LogP contribution in [0.3, 0.4) is 0 Å². The molecule has 0 spiro atoms. The van der Waals surface area contributed by atoms with Crippen LogP contribution in [-0.2, 0) is 6.42 Å². The molecule has 0 aliphatic rings. The van der Waals surface area contributed by atoms with Crippen molar-refractivity contribution in [1.82, 2.24) is 15.0 Å². The van der Waals surface area contributed by atoms with Crippen molar-refractivity contribution in [3.8, 4) is 5.69 Å². The average molecular weight is 351 g/mol. The van der Waals surface area contributed by atoms with Crippen molar-refractivity contribution in [3.63, 3.8) is 0 Å². The fourth-order valence-corrected chi connectivity index (χ4v) is 3.11. The first-order chi connectivity index (χ1) is 12.3. The lowest BCUT2D eigenvalue weighted by atomic mass is 9.78. The van der Waals surface area contributed by atoms with E-state index in [1.54, 1.807) is 4.80 Å². The summed E-state index contributed by atoms with van der Waals surface area (Å²) in [7, 11) is 0. The van der Waals surface area contributed by atoms with Crippen molar-refractivity contribution in [2.24, 2.45) is 11.3 Å². The lowest BCUT2D eigenvalue weighted by Gasteiger charge is -2.31. The standard InChI is InChI=1S/C22H29N3O/c1-16(2)12-13-22(3,4)21(26)15-17-8-7-9-18(14-17)25-23-19-10-5-6-11-20(19)24-25/h5-11,14,16,21,26H,12-13,15H2,1-4H3. The molecule has 3 aromatic rings. The third kappa shape index (κ3) is 4.31. The van der Waals surface area contributed by atoms with Gasteiger partial charge in [-0.3, -0.25) is 0 Å². The van der Waals surface area contributed by atoms with Crippen molar-refractivity contribution >= 4 is 11.0 Å². The van der Waals surface area contributed by atoms with Crippen LogP contribution in [0.5, 0.6) is 0 Å². The summed E-state index contributed by atoms with van der Waals surface area (Å²) in [5.41, 5.74) is 3.69. The molecule has 1 aromatic heterocycles. The molecule has 0 saturated heterocycles. The predicted molar refractivity (Wildman–Crippen MR) is 106 cm³/mol. The summed E-state index contributed by atoms with van der Waals surface area (Å²) in [5.74, 6) is 0.657. The number of fused-ring (bicyclic) bond motifs is 1. The Bertz CT molecular complexity index is 833. The molecule has 0 amide bonds. The molecule has 0 saturated carbocycles. The van der Waals surface area contributed by atoms with Gasteiger partial charge in [0.25, 0.3) is 0 Å². The first-order valence-corrected chi connectivity index (χ1v) is 9.44. The topological polar surface area (TPSA) is 50.9 Å². The molecule has 2 aromatic carbocycles. The van der Waals surface area contributed by atoms with Crippen LogP contribution in [0.15, 0.2) is 48.5 Å². The van der Waals surface area contributed by atoms with Gasteiger partial charge in [-0.05, 0) is 54.0 Å². The number of aliphatic hydroxyl groups excluding tert-OH is 1. The van der Waals surface area contributed by atoms with Crippen LogP contribution >= 0.6 is 0 Å². The van der Waals surface area contributed by atoms with Gasteiger partial charge in [0, 0.05) is 0 Å². The van der Waals surface area contributed by atoms with E-state index in [2.05, 4.69) is 50.0 Å². The van der Waals surface area contributed by atoms with Gasteiger partial charge >= 0.3 is 0 Å². The van der Waals surface area contributed by atoms with Crippen LogP contribution in [-0.4, -0.2) is 26.2 Å². The summed E-state index contributed by atoms with van der Waals surface area (Å²) in [6.45, 7) is 8.78. The summed E-state index contributed by atoms with van der Waals surface area (Å²) < 4.78 is 0. The van der Waals surface area contributed by atoms with Gasteiger partial charge in [0.15, 0.2) is 0 Å². The maximum atomic E-state index is 10.8. The fourth-order valence-electron chi connectivity index (χ4n) is 3.11. The van der Waals surface area contributed by atoms with E-state index < -0.39 is 0 Å². The largest absolute Gasteiger partial charge is 0.392 e. The molecule has 4 nitrogen and oxygen atoms in total. The zero-order chi connectivity index (χ0) is 18.7. The third-order valence-electron chi connectivity index (χ3n) is 5.13. The molecule has 138 valence electrons. The molecule has 3 rings (SSSR count). The molecule has 4 heteroatoms. The first-order valence-electron chi connectivity index (χ1n) is 9.44. The van der Waals surface area contributed by atoms with E-state index in [9.17, 15) is 5.11 Å². The number of benzene rings is 2. The number of hydrogen-bond acceptors (Lipinski definition) is 3. The lowest BCUT2D eigenvalue weighted by molar-refractivity contribution is 0.0408. The molecule has 0 radical (unpaired) electrons.